The lowest BCUT2D eigenvalue weighted by atomic mass is 9.98. The molecule has 2 aromatic carbocycles. The molecule has 0 radical (unpaired) electrons. The van der Waals surface area contributed by atoms with E-state index >= 15 is 0 Å². The smallest absolute Gasteiger partial charge is 0.376 e. The molecule has 2 aromatic rings. The van der Waals surface area contributed by atoms with Crippen LogP contribution in [0, 0.1) is 0 Å². The maximum Gasteiger partial charge on any atom is 0.376 e. The van der Waals surface area contributed by atoms with Gasteiger partial charge >= 0.3 is 5.97 Å². The van der Waals surface area contributed by atoms with Gasteiger partial charge in [-0.2, -0.15) is 25.3 Å². The van der Waals surface area contributed by atoms with Crippen LogP contribution in [0.15, 0.2) is 48.5 Å². The number of ketones is 1. The molecule has 0 unspecified atom stereocenters. The number of hydrogen-bond donors (Lipinski definition) is 4. The summed E-state index contributed by atoms with van der Waals surface area (Å²) >= 11 is 8.06. The molecule has 0 fully saturated rings. The van der Waals surface area contributed by atoms with Gasteiger partial charge in [0.2, 0.25) is 5.91 Å². The predicted octanol–water partition coefficient (Wildman–Crippen LogP) is 1.80. The molecule has 0 aliphatic heterocycles. The van der Waals surface area contributed by atoms with Crippen molar-refractivity contribution in [2.75, 3.05) is 24.8 Å². The number of amides is 1. The Labute approximate surface area is 180 Å². The summed E-state index contributed by atoms with van der Waals surface area (Å²) in [7, 11) is 0. The van der Waals surface area contributed by atoms with Gasteiger partial charge in [-0.3, -0.25) is 14.9 Å². The minimum Gasteiger partial charge on any atom is -0.459 e. The Kier molecular flexibility index (Phi) is 7.35. The molecule has 2 N–H and O–H groups in total. The van der Waals surface area contributed by atoms with E-state index in [9.17, 15) is 14.4 Å². The Hall–Kier alpha value is -2.29. The Balaban J connectivity index is 1.58. The molecule has 0 saturated heterocycles. The van der Waals surface area contributed by atoms with Crippen molar-refractivity contribution in [3.05, 3.63) is 59.7 Å². The minimum atomic E-state index is -0.961. The highest BCUT2D eigenvalue weighted by Crippen LogP contribution is 2.44. The van der Waals surface area contributed by atoms with E-state index in [1.807, 2.05) is 48.5 Å². The van der Waals surface area contributed by atoms with E-state index in [1.165, 1.54) is 0 Å². The molecule has 1 amide bonds. The van der Waals surface area contributed by atoms with E-state index in [1.54, 1.807) is 0 Å². The number of fused-ring (bicyclic) bond motifs is 3. The molecule has 152 valence electrons. The van der Waals surface area contributed by atoms with Gasteiger partial charge in [0.25, 0.3) is 5.78 Å². The third-order valence-electron chi connectivity index (χ3n) is 4.83. The maximum atomic E-state index is 12.1. The molecular weight excluding hydrogens is 408 g/mol. The Morgan fingerprint density at radius 2 is 1.55 bits per heavy atom. The third-order valence-corrected chi connectivity index (χ3v) is 5.38. The number of nitrogens with one attached hydrogen (secondary N) is 2. The van der Waals surface area contributed by atoms with Crippen molar-refractivity contribution in [3.8, 4) is 11.1 Å². The number of carbonyl (C=O) groups excluding carboxylic acids is 3. The predicted molar refractivity (Wildman–Crippen MR) is 117 cm³/mol. The van der Waals surface area contributed by atoms with Crippen LogP contribution in [0.4, 0.5) is 0 Å². The van der Waals surface area contributed by atoms with Crippen molar-refractivity contribution >= 4 is 42.9 Å². The van der Waals surface area contributed by atoms with Crippen LogP contribution in [0.2, 0.25) is 0 Å². The minimum absolute atomic E-state index is 0.0625. The van der Waals surface area contributed by atoms with Gasteiger partial charge in [-0.25, -0.2) is 4.79 Å². The van der Waals surface area contributed by atoms with Crippen LogP contribution in [0.5, 0.6) is 0 Å². The zero-order valence-corrected chi connectivity index (χ0v) is 17.4. The zero-order valence-electron chi connectivity index (χ0n) is 15.6. The van der Waals surface area contributed by atoms with Crippen LogP contribution >= 0.6 is 25.3 Å². The highest BCUT2D eigenvalue weighted by Gasteiger charge is 2.30. The average molecular weight is 431 g/mol. The second-order valence-corrected chi connectivity index (χ2v) is 7.25. The van der Waals surface area contributed by atoms with Crippen molar-refractivity contribution < 1.29 is 19.1 Å². The second-order valence-electron chi connectivity index (χ2n) is 6.56. The quantitative estimate of drug-likeness (QED) is 0.211. The lowest BCUT2D eigenvalue weighted by Crippen LogP contribution is -2.47. The van der Waals surface area contributed by atoms with Crippen LogP contribution in [0.25, 0.3) is 11.1 Å². The number of hydrogen-bond acceptors (Lipinski definition) is 7. The molecule has 8 heteroatoms. The topological polar surface area (TPSA) is 84.5 Å². The van der Waals surface area contributed by atoms with Gasteiger partial charge in [-0.15, -0.1) is 0 Å². The largest absolute Gasteiger partial charge is 0.459 e. The third kappa shape index (κ3) is 4.83. The van der Waals surface area contributed by atoms with Crippen LogP contribution in [0.1, 0.15) is 17.0 Å². The molecule has 0 bridgehead atoms. The summed E-state index contributed by atoms with van der Waals surface area (Å²) in [6.45, 7) is -0.360. The molecule has 6 nitrogen and oxygen atoms in total. The van der Waals surface area contributed by atoms with E-state index in [-0.39, 0.29) is 18.3 Å². The molecule has 0 heterocycles. The summed E-state index contributed by atoms with van der Waals surface area (Å²) in [6.07, 6.45) is 0. The van der Waals surface area contributed by atoms with E-state index in [0.717, 1.165) is 22.3 Å². The summed E-state index contributed by atoms with van der Waals surface area (Å²) in [5.74, 6) is -1.78. The molecule has 1 aliphatic carbocycles. The van der Waals surface area contributed by atoms with Gasteiger partial charge in [0, 0.05) is 17.5 Å². The fraction of sp³-hybridized carbons (Fsp3) is 0.286. The molecule has 0 saturated carbocycles. The number of rotatable bonds is 9. The molecule has 1 aliphatic rings. The van der Waals surface area contributed by atoms with Gasteiger partial charge < -0.3 is 10.1 Å². The summed E-state index contributed by atoms with van der Waals surface area (Å²) in [5, 5.41) is 5.24. The highest BCUT2D eigenvalue weighted by atomic mass is 32.1. The Bertz CT molecular complexity index is 874. The Morgan fingerprint density at radius 3 is 2.10 bits per heavy atom. The highest BCUT2D eigenvalue weighted by molar-refractivity contribution is 7.80. The van der Waals surface area contributed by atoms with Crippen molar-refractivity contribution in [1.82, 2.24) is 10.6 Å². The first-order valence-corrected chi connectivity index (χ1v) is 10.4. The normalized spacial score (nSPS) is 13.3. The second kappa shape index (κ2) is 9.96. The average Bonchev–Trinajstić information content (AvgIpc) is 3.07. The summed E-state index contributed by atoms with van der Waals surface area (Å²) in [5.41, 5.74) is 4.35. The number of esters is 1. The van der Waals surface area contributed by atoms with E-state index < -0.39 is 30.2 Å². The van der Waals surface area contributed by atoms with Crippen LogP contribution in [0.3, 0.4) is 0 Å². The van der Waals surface area contributed by atoms with Crippen molar-refractivity contribution in [2.45, 2.75) is 12.0 Å². The fourth-order valence-corrected chi connectivity index (χ4v) is 3.91. The number of carbonyl (C=O) groups is 3. The number of benzene rings is 2. The first-order chi connectivity index (χ1) is 14.1. The first kappa shape index (κ1) is 21.4. The lowest BCUT2D eigenvalue weighted by Gasteiger charge is -2.15. The molecular formula is C21H22N2O4S2. The van der Waals surface area contributed by atoms with Crippen LogP contribution in [-0.4, -0.2) is 48.5 Å². The number of Topliss-reactive ketones (excluding diaryl/α,β-unsaturated/α-hetero) is 1. The van der Waals surface area contributed by atoms with Crippen molar-refractivity contribution in [1.29, 1.82) is 0 Å². The lowest BCUT2D eigenvalue weighted by molar-refractivity contribution is -0.153. The molecule has 0 spiro atoms. The van der Waals surface area contributed by atoms with Crippen LogP contribution in [-0.2, 0) is 19.1 Å². The van der Waals surface area contributed by atoms with E-state index in [2.05, 4.69) is 35.9 Å². The SMILES string of the molecule is O=C(CNC(=O)[C@H](CS)NCS)C(=O)OCC1c2ccccc2-c2ccccc21. The Morgan fingerprint density at radius 1 is 0.966 bits per heavy atom. The van der Waals surface area contributed by atoms with Crippen molar-refractivity contribution in [3.63, 3.8) is 0 Å². The monoisotopic (exact) mass is 430 g/mol. The van der Waals surface area contributed by atoms with Crippen LogP contribution < -0.4 is 10.6 Å². The molecule has 3 rings (SSSR count). The maximum absolute atomic E-state index is 12.1. The number of ether oxygens (including phenoxy) is 1. The van der Waals surface area contributed by atoms with Gasteiger partial charge in [0.05, 0.1) is 12.6 Å². The zero-order chi connectivity index (χ0) is 20.8. The fourth-order valence-electron chi connectivity index (χ4n) is 3.39. The summed E-state index contributed by atoms with van der Waals surface area (Å²) in [6, 6.07) is 15.3. The first-order valence-electron chi connectivity index (χ1n) is 9.17. The van der Waals surface area contributed by atoms with Gasteiger partial charge in [0.1, 0.15) is 6.61 Å². The molecule has 29 heavy (non-hydrogen) atoms. The van der Waals surface area contributed by atoms with Gasteiger partial charge in [0.15, 0.2) is 0 Å². The summed E-state index contributed by atoms with van der Waals surface area (Å²) in [4.78, 5) is 36.2. The van der Waals surface area contributed by atoms with E-state index in [0.29, 0.717) is 5.88 Å². The summed E-state index contributed by atoms with van der Waals surface area (Å²) < 4.78 is 5.29. The molecule has 1 atom stereocenters. The molecule has 0 aromatic heterocycles. The van der Waals surface area contributed by atoms with E-state index in [4.69, 9.17) is 4.74 Å². The standard InChI is InChI=1S/C21H22N2O4S2/c24-19(9-22-20(25)18(11-28)23-12-29)21(26)27-10-17-15-7-3-1-5-13(15)14-6-2-4-8-16(14)17/h1-8,17-18,23,28-29H,9-12H2,(H,22,25)/t18-/m0/s1. The van der Waals surface area contributed by atoms with Gasteiger partial charge in [-0.05, 0) is 22.3 Å². The number of thiol groups is 2. The van der Waals surface area contributed by atoms with Gasteiger partial charge in [-0.1, -0.05) is 48.5 Å². The van der Waals surface area contributed by atoms with Crippen molar-refractivity contribution in [2.24, 2.45) is 0 Å².